The molecule has 0 saturated carbocycles. The lowest BCUT2D eigenvalue weighted by Gasteiger charge is -2.19. The number of benzene rings is 3. The van der Waals surface area contributed by atoms with Crippen LogP contribution in [0.4, 0.5) is 0 Å². The molecule has 3 aromatic rings. The molecule has 0 spiro atoms. The predicted octanol–water partition coefficient (Wildman–Crippen LogP) is 3.84. The molecule has 3 aromatic carbocycles. The summed E-state index contributed by atoms with van der Waals surface area (Å²) in [5.41, 5.74) is 1.51. The molecule has 0 bridgehead atoms. The van der Waals surface area contributed by atoms with Gasteiger partial charge in [0.2, 0.25) is 0 Å². The highest BCUT2D eigenvalue weighted by Crippen LogP contribution is 2.28. The molecular weight excluding hydrogens is 374 g/mol. The van der Waals surface area contributed by atoms with Gasteiger partial charge in [-0.25, -0.2) is 0 Å². The number of hydrogen-bond donors (Lipinski definition) is 2. The van der Waals surface area contributed by atoms with Gasteiger partial charge in [-0.1, -0.05) is 66.7 Å². The Morgan fingerprint density at radius 1 is 0.893 bits per heavy atom. The second-order valence-electron chi connectivity index (χ2n) is 6.44. The third kappa shape index (κ3) is 4.98. The van der Waals surface area contributed by atoms with E-state index < -0.39 is 16.2 Å². The Kier molecular flexibility index (Phi) is 6.46. The van der Waals surface area contributed by atoms with Crippen LogP contribution >= 0.6 is 0 Å². The molecule has 0 amide bonds. The molecule has 0 saturated heterocycles. The average molecular weight is 397 g/mol. The summed E-state index contributed by atoms with van der Waals surface area (Å²) in [4.78, 5) is 0.0649. The third-order valence-electron chi connectivity index (χ3n) is 4.43. The van der Waals surface area contributed by atoms with E-state index in [1.54, 1.807) is 42.5 Å². The molecule has 28 heavy (non-hydrogen) atoms. The van der Waals surface area contributed by atoms with E-state index in [0.717, 1.165) is 5.56 Å². The van der Waals surface area contributed by atoms with Gasteiger partial charge in [-0.2, -0.15) is 8.42 Å². The van der Waals surface area contributed by atoms with E-state index in [1.807, 2.05) is 37.3 Å². The first-order valence-corrected chi connectivity index (χ1v) is 10.4. The summed E-state index contributed by atoms with van der Waals surface area (Å²) in [6, 6.07) is 24.5. The molecule has 0 radical (unpaired) electrons. The maximum absolute atomic E-state index is 12.5. The van der Waals surface area contributed by atoms with Gasteiger partial charge < -0.3 is 14.6 Å². The van der Waals surface area contributed by atoms with Crippen molar-refractivity contribution in [2.45, 2.75) is 24.0 Å². The van der Waals surface area contributed by atoms with Gasteiger partial charge in [-0.05, 0) is 30.7 Å². The molecule has 146 valence electrons. The van der Waals surface area contributed by atoms with Crippen molar-refractivity contribution < 1.29 is 17.7 Å². The average Bonchev–Trinajstić information content (AvgIpc) is 2.73. The fraction of sp³-hybridized carbons (Fsp3) is 0.182. The van der Waals surface area contributed by atoms with Gasteiger partial charge in [0.15, 0.2) is 0 Å². The van der Waals surface area contributed by atoms with Crippen LogP contribution in [0.3, 0.4) is 0 Å². The minimum absolute atomic E-state index is 0.0389. The lowest BCUT2D eigenvalue weighted by molar-refractivity contribution is 0.168. The van der Waals surface area contributed by atoms with E-state index in [1.165, 1.54) is 12.1 Å². The molecular formula is C22H23NO4S. The van der Waals surface area contributed by atoms with E-state index in [4.69, 9.17) is 4.18 Å². The number of nitrogens with one attached hydrogen (secondary N) is 1. The molecule has 2 N–H and O–H groups in total. The zero-order chi connectivity index (χ0) is 20.0. The summed E-state index contributed by atoms with van der Waals surface area (Å²) in [6.07, 6.45) is -0.923. The lowest BCUT2D eigenvalue weighted by atomic mass is 10.1. The van der Waals surface area contributed by atoms with Crippen molar-refractivity contribution in [3.8, 4) is 5.75 Å². The van der Waals surface area contributed by atoms with Crippen molar-refractivity contribution in [1.29, 1.82) is 0 Å². The highest BCUT2D eigenvalue weighted by atomic mass is 32.2. The molecule has 0 aliphatic carbocycles. The number of hydrogen-bond acceptors (Lipinski definition) is 5. The summed E-state index contributed by atoms with van der Waals surface area (Å²) in [5.74, 6) is 0.119. The molecule has 6 heteroatoms. The summed E-state index contributed by atoms with van der Waals surface area (Å²) in [5, 5.41) is 13.9. The Hall–Kier alpha value is -2.67. The van der Waals surface area contributed by atoms with Crippen LogP contribution in [0.1, 0.15) is 30.2 Å². The zero-order valence-corrected chi connectivity index (χ0v) is 16.3. The van der Waals surface area contributed by atoms with Crippen LogP contribution in [-0.4, -0.2) is 20.1 Å². The summed E-state index contributed by atoms with van der Waals surface area (Å²) >= 11 is 0. The van der Waals surface area contributed by atoms with Gasteiger partial charge >= 0.3 is 10.1 Å². The van der Waals surface area contributed by atoms with E-state index in [2.05, 4.69) is 5.32 Å². The fourth-order valence-corrected chi connectivity index (χ4v) is 3.82. The van der Waals surface area contributed by atoms with Crippen LogP contribution < -0.4 is 9.50 Å². The highest BCUT2D eigenvalue weighted by molar-refractivity contribution is 7.87. The normalized spacial score (nSPS) is 13.6. The largest absolute Gasteiger partial charge is 0.387 e. The SMILES string of the molecule is C[C@@H](NC[C@H](O)c1ccccc1OS(=O)(=O)c1ccccc1)c1ccccc1. The molecule has 0 unspecified atom stereocenters. The second-order valence-corrected chi connectivity index (χ2v) is 7.99. The number of para-hydroxylation sites is 1. The summed E-state index contributed by atoms with van der Waals surface area (Å²) in [7, 11) is -3.98. The number of rotatable bonds is 8. The lowest BCUT2D eigenvalue weighted by Crippen LogP contribution is -2.25. The topological polar surface area (TPSA) is 75.6 Å². The maximum atomic E-state index is 12.5. The van der Waals surface area contributed by atoms with Crippen LogP contribution in [0, 0.1) is 0 Å². The number of aliphatic hydroxyl groups excluding tert-OH is 1. The highest BCUT2D eigenvalue weighted by Gasteiger charge is 2.21. The monoisotopic (exact) mass is 397 g/mol. The fourth-order valence-electron chi connectivity index (χ4n) is 2.84. The Labute approximate surface area is 165 Å². The van der Waals surface area contributed by atoms with Gasteiger partial charge in [0.1, 0.15) is 10.6 Å². The molecule has 3 rings (SSSR count). The van der Waals surface area contributed by atoms with Crippen molar-refractivity contribution >= 4 is 10.1 Å². The van der Waals surface area contributed by atoms with E-state index >= 15 is 0 Å². The van der Waals surface area contributed by atoms with Crippen LogP contribution in [0.5, 0.6) is 5.75 Å². The van der Waals surface area contributed by atoms with Crippen molar-refractivity contribution in [3.05, 3.63) is 96.1 Å². The smallest absolute Gasteiger partial charge is 0.339 e. The Balaban J connectivity index is 1.73. The van der Waals surface area contributed by atoms with Crippen LogP contribution in [0.25, 0.3) is 0 Å². The first-order chi connectivity index (χ1) is 13.5. The Morgan fingerprint density at radius 3 is 2.14 bits per heavy atom. The maximum Gasteiger partial charge on any atom is 0.339 e. The minimum atomic E-state index is -3.98. The third-order valence-corrected chi connectivity index (χ3v) is 5.67. The van der Waals surface area contributed by atoms with Crippen molar-refractivity contribution in [2.24, 2.45) is 0 Å². The standard InChI is InChI=1S/C22H23NO4S/c1-17(18-10-4-2-5-11-18)23-16-21(24)20-14-8-9-15-22(20)27-28(25,26)19-12-6-3-7-13-19/h2-15,17,21,23-24H,16H2,1H3/t17-,21+/m1/s1. The van der Waals surface area contributed by atoms with Gasteiger partial charge in [-0.15, -0.1) is 0 Å². The Morgan fingerprint density at radius 2 is 1.46 bits per heavy atom. The molecule has 0 aromatic heterocycles. The van der Waals surface area contributed by atoms with Crippen LogP contribution in [0.15, 0.2) is 89.8 Å². The Bertz CT molecular complexity index is 991. The molecule has 0 heterocycles. The summed E-state index contributed by atoms with van der Waals surface area (Å²) in [6.45, 7) is 2.26. The molecule has 0 fully saturated rings. The van der Waals surface area contributed by atoms with Gasteiger partial charge in [-0.3, -0.25) is 0 Å². The summed E-state index contributed by atoms with van der Waals surface area (Å²) < 4.78 is 30.3. The first kappa shape index (κ1) is 20.1. The molecule has 2 atom stereocenters. The van der Waals surface area contributed by atoms with Gasteiger partial charge in [0.05, 0.1) is 6.10 Å². The van der Waals surface area contributed by atoms with Crippen LogP contribution in [-0.2, 0) is 10.1 Å². The number of aliphatic hydroxyl groups is 1. The van der Waals surface area contributed by atoms with E-state index in [-0.39, 0.29) is 23.2 Å². The van der Waals surface area contributed by atoms with Crippen LogP contribution in [0.2, 0.25) is 0 Å². The quantitative estimate of drug-likeness (QED) is 0.565. The van der Waals surface area contributed by atoms with Crippen molar-refractivity contribution in [1.82, 2.24) is 5.32 Å². The van der Waals surface area contributed by atoms with E-state index in [9.17, 15) is 13.5 Å². The first-order valence-electron chi connectivity index (χ1n) is 9.02. The second kappa shape index (κ2) is 9.01. The molecule has 5 nitrogen and oxygen atoms in total. The predicted molar refractivity (Wildman–Crippen MR) is 109 cm³/mol. The zero-order valence-electron chi connectivity index (χ0n) is 15.5. The minimum Gasteiger partial charge on any atom is -0.387 e. The molecule has 0 aliphatic heterocycles. The van der Waals surface area contributed by atoms with Gasteiger partial charge in [0.25, 0.3) is 0 Å². The van der Waals surface area contributed by atoms with Crippen molar-refractivity contribution in [3.63, 3.8) is 0 Å². The van der Waals surface area contributed by atoms with Gasteiger partial charge in [0, 0.05) is 18.2 Å². The van der Waals surface area contributed by atoms with E-state index in [0.29, 0.717) is 5.56 Å². The van der Waals surface area contributed by atoms with Crippen molar-refractivity contribution in [2.75, 3.05) is 6.54 Å². The molecule has 0 aliphatic rings.